The van der Waals surface area contributed by atoms with Gasteiger partial charge < -0.3 is 19.9 Å². The number of para-hydroxylation sites is 1. The van der Waals surface area contributed by atoms with Crippen LogP contribution in [-0.4, -0.2) is 46.1 Å². The average Bonchev–Trinajstić information content (AvgIpc) is 3.10. The van der Waals surface area contributed by atoms with Crippen molar-refractivity contribution in [2.45, 2.75) is 12.5 Å². The highest BCUT2D eigenvalue weighted by Gasteiger charge is 2.36. The summed E-state index contributed by atoms with van der Waals surface area (Å²) in [5.41, 5.74) is 1.31. The highest BCUT2D eigenvalue weighted by molar-refractivity contribution is 6.00. The number of benzene rings is 2. The minimum atomic E-state index is -0.490. The van der Waals surface area contributed by atoms with Gasteiger partial charge in [-0.2, -0.15) is 0 Å². The van der Waals surface area contributed by atoms with E-state index in [-0.39, 0.29) is 36.5 Å². The van der Waals surface area contributed by atoms with Gasteiger partial charge in [0.25, 0.3) is 0 Å². The molecule has 154 valence electrons. The molecular weight excluding hydrogens is 373 g/mol. The molecule has 0 unspecified atom stereocenters. The normalized spacial score (nSPS) is 17.5. The Balaban J connectivity index is 1.63. The summed E-state index contributed by atoms with van der Waals surface area (Å²) >= 11 is 0. The Morgan fingerprint density at radius 1 is 1.24 bits per heavy atom. The fourth-order valence-corrected chi connectivity index (χ4v) is 3.63. The highest BCUT2D eigenvalue weighted by Crippen LogP contribution is 2.27. The second-order valence-electron chi connectivity index (χ2n) is 7.51. The van der Waals surface area contributed by atoms with Gasteiger partial charge in [-0.05, 0) is 36.4 Å². The van der Waals surface area contributed by atoms with Crippen LogP contribution in [0.1, 0.15) is 18.0 Å². The van der Waals surface area contributed by atoms with Crippen LogP contribution in [0.5, 0.6) is 5.75 Å². The maximum atomic E-state index is 14.0. The predicted octanol–water partition coefficient (Wildman–Crippen LogP) is 1.19. The Hall–Kier alpha value is -2.93. The number of ether oxygens (including phenoxy) is 1. The Morgan fingerprint density at radius 3 is 2.55 bits per heavy atom. The van der Waals surface area contributed by atoms with E-state index in [0.717, 1.165) is 11.3 Å². The number of hydrogen-bond donors (Lipinski definition) is 2. The molecule has 0 radical (unpaired) electrons. The van der Waals surface area contributed by atoms with Crippen molar-refractivity contribution in [3.8, 4) is 5.75 Å². The number of rotatable bonds is 7. The molecule has 0 bridgehead atoms. The highest BCUT2D eigenvalue weighted by atomic mass is 19.1. The smallest absolute Gasteiger partial charge is 0.227 e. The number of anilines is 1. The summed E-state index contributed by atoms with van der Waals surface area (Å²) in [6, 6.07) is 14.0. The molecular formula is C22H27FN3O3+. The molecule has 1 saturated heterocycles. The molecule has 3 rings (SSSR count). The van der Waals surface area contributed by atoms with E-state index in [1.165, 1.54) is 15.9 Å². The second-order valence-corrected chi connectivity index (χ2v) is 7.51. The van der Waals surface area contributed by atoms with Crippen molar-refractivity contribution in [2.75, 3.05) is 39.2 Å². The lowest BCUT2D eigenvalue weighted by Crippen LogP contribution is -3.07. The number of carbonyl (C=O) groups is 2. The molecule has 2 atom stereocenters. The third-order valence-corrected chi connectivity index (χ3v) is 5.33. The van der Waals surface area contributed by atoms with E-state index in [1.807, 2.05) is 38.4 Å². The van der Waals surface area contributed by atoms with Crippen molar-refractivity contribution < 1.29 is 23.6 Å². The SMILES string of the molecule is COc1ccc([C@@H](CNC(=O)[C@H]2CC(=O)N(c3ccccc3F)C2)[NH+](C)C)cc1. The van der Waals surface area contributed by atoms with Crippen LogP contribution >= 0.6 is 0 Å². The Morgan fingerprint density at radius 2 is 1.93 bits per heavy atom. The Kier molecular flexibility index (Phi) is 6.49. The van der Waals surface area contributed by atoms with Crippen LogP contribution in [0, 0.1) is 11.7 Å². The lowest BCUT2D eigenvalue weighted by atomic mass is 10.0. The first kappa shape index (κ1) is 20.8. The first-order chi connectivity index (χ1) is 13.9. The average molecular weight is 400 g/mol. The van der Waals surface area contributed by atoms with Gasteiger partial charge >= 0.3 is 0 Å². The van der Waals surface area contributed by atoms with Crippen LogP contribution in [-0.2, 0) is 9.59 Å². The van der Waals surface area contributed by atoms with Crippen molar-refractivity contribution in [1.29, 1.82) is 0 Å². The third kappa shape index (κ3) is 4.74. The minimum absolute atomic E-state index is 0.0598. The number of quaternary nitrogens is 1. The van der Waals surface area contributed by atoms with Crippen molar-refractivity contribution >= 4 is 17.5 Å². The number of nitrogens with one attached hydrogen (secondary N) is 2. The number of methoxy groups -OCH3 is 1. The molecule has 0 aliphatic carbocycles. The number of carbonyl (C=O) groups excluding carboxylic acids is 2. The summed E-state index contributed by atoms with van der Waals surface area (Å²) in [5, 5.41) is 2.98. The minimum Gasteiger partial charge on any atom is -0.497 e. The van der Waals surface area contributed by atoms with E-state index < -0.39 is 11.7 Å². The summed E-state index contributed by atoms with van der Waals surface area (Å²) in [6.07, 6.45) is 0.0855. The second kappa shape index (κ2) is 9.05. The molecule has 7 heteroatoms. The molecule has 2 amide bonds. The van der Waals surface area contributed by atoms with Crippen LogP contribution < -0.4 is 19.9 Å². The Labute approximate surface area is 170 Å². The molecule has 1 aliphatic rings. The summed E-state index contributed by atoms with van der Waals surface area (Å²) in [4.78, 5) is 27.6. The van der Waals surface area contributed by atoms with Crippen molar-refractivity contribution in [2.24, 2.45) is 5.92 Å². The zero-order valence-electron chi connectivity index (χ0n) is 16.9. The molecule has 0 spiro atoms. The largest absolute Gasteiger partial charge is 0.497 e. The topological polar surface area (TPSA) is 63.1 Å². The van der Waals surface area contributed by atoms with Crippen LogP contribution in [0.25, 0.3) is 0 Å². The van der Waals surface area contributed by atoms with Gasteiger partial charge in [0.15, 0.2) is 0 Å². The van der Waals surface area contributed by atoms with Crippen molar-refractivity contribution in [3.05, 3.63) is 59.9 Å². The van der Waals surface area contributed by atoms with Gasteiger partial charge in [0.1, 0.15) is 17.6 Å². The fourth-order valence-electron chi connectivity index (χ4n) is 3.63. The summed E-state index contributed by atoms with van der Waals surface area (Å²) in [6.45, 7) is 0.630. The van der Waals surface area contributed by atoms with Crippen molar-refractivity contribution in [3.63, 3.8) is 0 Å². The molecule has 1 aliphatic heterocycles. The third-order valence-electron chi connectivity index (χ3n) is 5.33. The lowest BCUT2D eigenvalue weighted by Gasteiger charge is -2.23. The zero-order chi connectivity index (χ0) is 21.0. The molecule has 6 nitrogen and oxygen atoms in total. The number of nitrogens with zero attached hydrogens (tertiary/aromatic N) is 1. The van der Waals surface area contributed by atoms with Gasteiger partial charge in [-0.1, -0.05) is 12.1 Å². The standard InChI is InChI=1S/C22H26FN3O3/c1-25(2)20(15-8-10-17(29-3)11-9-15)13-24-22(28)16-12-21(27)26(14-16)19-7-5-4-6-18(19)23/h4-11,16,20H,12-14H2,1-3H3,(H,24,28)/p+1/t16-,20+/m0/s1. The maximum Gasteiger partial charge on any atom is 0.227 e. The van der Waals surface area contributed by atoms with E-state index in [0.29, 0.717) is 6.54 Å². The monoisotopic (exact) mass is 400 g/mol. The first-order valence-corrected chi connectivity index (χ1v) is 9.67. The molecule has 2 aromatic carbocycles. The quantitative estimate of drug-likeness (QED) is 0.734. The molecule has 29 heavy (non-hydrogen) atoms. The van der Waals surface area contributed by atoms with Crippen LogP contribution in [0.2, 0.25) is 0 Å². The van der Waals surface area contributed by atoms with Crippen LogP contribution in [0.15, 0.2) is 48.5 Å². The van der Waals surface area contributed by atoms with Crippen LogP contribution in [0.3, 0.4) is 0 Å². The predicted molar refractivity (Wildman–Crippen MR) is 108 cm³/mol. The van der Waals surface area contributed by atoms with Crippen molar-refractivity contribution in [1.82, 2.24) is 5.32 Å². The fraction of sp³-hybridized carbons (Fsp3) is 0.364. The molecule has 1 fully saturated rings. The van der Waals surface area contributed by atoms with E-state index in [1.54, 1.807) is 25.3 Å². The first-order valence-electron chi connectivity index (χ1n) is 9.67. The summed E-state index contributed by atoms with van der Waals surface area (Å²) < 4.78 is 19.2. The van der Waals surface area contributed by atoms with Gasteiger partial charge in [-0.3, -0.25) is 9.59 Å². The number of likely N-dealkylation sites (N-methyl/N-ethyl adjacent to an activating group) is 1. The maximum absolute atomic E-state index is 14.0. The Bertz CT molecular complexity index is 870. The van der Waals surface area contributed by atoms with Gasteiger partial charge in [0.05, 0.1) is 39.4 Å². The lowest BCUT2D eigenvalue weighted by molar-refractivity contribution is -0.890. The van der Waals surface area contributed by atoms with Gasteiger partial charge in [0, 0.05) is 18.5 Å². The van der Waals surface area contributed by atoms with E-state index in [2.05, 4.69) is 5.32 Å². The number of amides is 2. The number of halogens is 1. The van der Waals surface area contributed by atoms with Gasteiger partial charge in [-0.25, -0.2) is 4.39 Å². The van der Waals surface area contributed by atoms with Gasteiger partial charge in [-0.15, -0.1) is 0 Å². The molecule has 0 saturated carbocycles. The molecule has 1 heterocycles. The zero-order valence-corrected chi connectivity index (χ0v) is 16.9. The molecule has 2 N–H and O–H groups in total. The van der Waals surface area contributed by atoms with E-state index in [4.69, 9.17) is 4.74 Å². The molecule has 0 aromatic heterocycles. The van der Waals surface area contributed by atoms with E-state index in [9.17, 15) is 14.0 Å². The summed E-state index contributed by atoms with van der Waals surface area (Å²) in [5.74, 6) is -0.589. The molecule has 2 aromatic rings. The van der Waals surface area contributed by atoms with Gasteiger partial charge in [0.2, 0.25) is 11.8 Å². The summed E-state index contributed by atoms with van der Waals surface area (Å²) in [7, 11) is 5.68. The van der Waals surface area contributed by atoms with Crippen LogP contribution in [0.4, 0.5) is 10.1 Å². The number of hydrogen-bond acceptors (Lipinski definition) is 3. The van der Waals surface area contributed by atoms with E-state index >= 15 is 0 Å².